The average Bonchev–Trinajstić information content (AvgIpc) is 3.58. The van der Waals surface area contributed by atoms with Gasteiger partial charge < -0.3 is 41.3 Å². The van der Waals surface area contributed by atoms with Gasteiger partial charge in [0.2, 0.25) is 17.3 Å². The van der Waals surface area contributed by atoms with Crippen LogP contribution in [0.1, 0.15) is 15.9 Å². The summed E-state index contributed by atoms with van der Waals surface area (Å²) < 4.78 is 0. The number of carbonyl (C=O) groups is 4. The summed E-state index contributed by atoms with van der Waals surface area (Å²) in [7, 11) is 9.99. The summed E-state index contributed by atoms with van der Waals surface area (Å²) in [6.45, 7) is 0.00988. The number of benzene rings is 1. The maximum Gasteiger partial charge on any atom is 0.255 e. The molecule has 1 spiro atoms. The Morgan fingerprint density at radius 2 is 1.76 bits per heavy atom. The van der Waals surface area contributed by atoms with E-state index >= 15 is 0 Å². The molecule has 1 saturated heterocycles. The van der Waals surface area contributed by atoms with Crippen molar-refractivity contribution >= 4 is 34.8 Å². The highest BCUT2D eigenvalue weighted by Crippen LogP contribution is 2.61. The number of aliphatic hydroxyl groups excluding tert-OH is 2. The van der Waals surface area contributed by atoms with Gasteiger partial charge in [-0.05, 0) is 46.2 Å². The minimum absolute atomic E-state index is 0.00988. The van der Waals surface area contributed by atoms with Crippen molar-refractivity contribution in [2.24, 2.45) is 11.7 Å². The van der Waals surface area contributed by atoms with Gasteiger partial charge >= 0.3 is 0 Å². The van der Waals surface area contributed by atoms with E-state index in [1.165, 1.54) is 4.90 Å². The zero-order valence-electron chi connectivity index (χ0n) is 23.6. The van der Waals surface area contributed by atoms with E-state index in [2.05, 4.69) is 10.6 Å². The van der Waals surface area contributed by atoms with Crippen LogP contribution in [0.4, 0.5) is 11.4 Å². The second kappa shape index (κ2) is 9.01. The number of primary amides is 1. The molecule has 0 saturated carbocycles. The first-order chi connectivity index (χ1) is 19.0. The number of Topliss-reactive ketones (excluding diaryl/α,β-unsaturated/α-hetero) is 2. The van der Waals surface area contributed by atoms with E-state index < -0.39 is 75.4 Å². The Labute approximate surface area is 235 Å². The van der Waals surface area contributed by atoms with Gasteiger partial charge in [-0.15, -0.1) is 0 Å². The molecule has 8 N–H and O–H groups in total. The standard InChI is InChI=1S/C27H34N6O8/c1-31(2)9-14(34)29-12-8-13(32(3)4)10-7-11-16(19(36)15(10)18(12)35)23(38)27(41)24(39)17(25(28)40)20(37)22(33(5)6)26(27)21(11)30-26/h8,11,21-22,30,35,37-38,41H,7,9H2,1-6H3,(H2,28,40)(H,29,34)/t11-,21+,22-,26-,27+/m1/s1. The van der Waals surface area contributed by atoms with Gasteiger partial charge in [0.15, 0.2) is 11.5 Å². The number of phenolic OH excluding ortho intramolecular Hbond substituents is 1. The van der Waals surface area contributed by atoms with Gasteiger partial charge in [0.25, 0.3) is 5.91 Å². The molecule has 5 atom stereocenters. The largest absolute Gasteiger partial charge is 0.510 e. The third-order valence-corrected chi connectivity index (χ3v) is 8.53. The molecule has 5 rings (SSSR count). The van der Waals surface area contributed by atoms with Crippen molar-refractivity contribution in [2.45, 2.75) is 29.6 Å². The monoisotopic (exact) mass is 570 g/mol. The second-order valence-electron chi connectivity index (χ2n) is 11.7. The van der Waals surface area contributed by atoms with Crippen LogP contribution in [-0.4, -0.2) is 126 Å². The predicted molar refractivity (Wildman–Crippen MR) is 147 cm³/mol. The number of amides is 2. The average molecular weight is 571 g/mol. The summed E-state index contributed by atoms with van der Waals surface area (Å²) in [4.78, 5) is 57.3. The molecule has 1 aliphatic heterocycles. The van der Waals surface area contributed by atoms with E-state index in [4.69, 9.17) is 5.73 Å². The summed E-state index contributed by atoms with van der Waals surface area (Å²) in [5.74, 6) is -6.84. The number of phenols is 1. The van der Waals surface area contributed by atoms with Crippen LogP contribution < -0.4 is 21.3 Å². The number of nitrogens with one attached hydrogen (secondary N) is 2. The minimum atomic E-state index is -2.82. The maximum absolute atomic E-state index is 14.1. The number of ketones is 2. The summed E-state index contributed by atoms with van der Waals surface area (Å²) in [5, 5.41) is 51.5. The van der Waals surface area contributed by atoms with Crippen molar-refractivity contribution in [1.29, 1.82) is 0 Å². The summed E-state index contributed by atoms with van der Waals surface area (Å²) in [6, 6.07) is -0.395. The van der Waals surface area contributed by atoms with E-state index in [1.54, 1.807) is 58.2 Å². The Bertz CT molecular complexity index is 1500. The van der Waals surface area contributed by atoms with E-state index in [1.807, 2.05) is 0 Å². The number of nitrogens with zero attached hydrogens (tertiary/aromatic N) is 3. The first-order valence-electron chi connectivity index (χ1n) is 13.0. The van der Waals surface area contributed by atoms with E-state index in [-0.39, 0.29) is 29.8 Å². The number of carbonyl (C=O) groups excluding carboxylic acids is 4. The zero-order chi connectivity index (χ0) is 30.5. The Hall–Kier alpha value is -3.98. The van der Waals surface area contributed by atoms with Crippen molar-refractivity contribution in [1.82, 2.24) is 15.1 Å². The molecule has 0 unspecified atom stereocenters. The van der Waals surface area contributed by atoms with Gasteiger partial charge in [0.1, 0.15) is 22.6 Å². The number of aromatic hydroxyl groups is 1. The van der Waals surface area contributed by atoms with Crippen LogP contribution in [0.2, 0.25) is 0 Å². The van der Waals surface area contributed by atoms with Crippen LogP contribution in [-0.2, 0) is 20.8 Å². The minimum Gasteiger partial charge on any atom is -0.510 e. The van der Waals surface area contributed by atoms with Crippen LogP contribution in [0.15, 0.2) is 28.7 Å². The molecule has 0 aromatic heterocycles. The number of hydrogen-bond donors (Lipinski definition) is 7. The normalized spacial score (nSPS) is 30.1. The molecule has 2 amide bonds. The van der Waals surface area contributed by atoms with Crippen molar-refractivity contribution < 1.29 is 39.6 Å². The summed E-state index contributed by atoms with van der Waals surface area (Å²) >= 11 is 0. The van der Waals surface area contributed by atoms with Gasteiger partial charge in [-0.1, -0.05) is 0 Å². The highest BCUT2D eigenvalue weighted by Gasteiger charge is 2.83. The molecular formula is C27H34N6O8. The van der Waals surface area contributed by atoms with Crippen LogP contribution in [0.5, 0.6) is 5.75 Å². The van der Waals surface area contributed by atoms with Crippen molar-refractivity contribution in [3.63, 3.8) is 0 Å². The fraction of sp³-hybridized carbons (Fsp3) is 0.481. The fourth-order valence-corrected chi connectivity index (χ4v) is 6.95. The van der Waals surface area contributed by atoms with E-state index in [0.717, 1.165) is 0 Å². The third kappa shape index (κ3) is 3.57. The number of anilines is 2. The lowest BCUT2D eigenvalue weighted by atomic mass is 9.58. The fourth-order valence-electron chi connectivity index (χ4n) is 6.95. The van der Waals surface area contributed by atoms with Gasteiger partial charge in [0, 0.05) is 37.3 Å². The lowest BCUT2D eigenvalue weighted by molar-refractivity contribution is -0.144. The molecule has 4 aliphatic rings. The quantitative estimate of drug-likeness (QED) is 0.117. The smallest absolute Gasteiger partial charge is 0.255 e. The molecule has 1 aromatic rings. The van der Waals surface area contributed by atoms with Crippen molar-refractivity contribution in [3.05, 3.63) is 39.9 Å². The predicted octanol–water partition coefficient (Wildman–Crippen LogP) is -1.61. The van der Waals surface area contributed by atoms with Gasteiger partial charge in [-0.2, -0.15) is 0 Å². The summed E-state index contributed by atoms with van der Waals surface area (Å²) in [6.07, 6.45) is 0.102. The lowest BCUT2D eigenvalue weighted by Crippen LogP contribution is -2.71. The first-order valence-corrected chi connectivity index (χ1v) is 13.0. The highest BCUT2D eigenvalue weighted by atomic mass is 16.4. The molecule has 3 aliphatic carbocycles. The van der Waals surface area contributed by atoms with Gasteiger partial charge in [-0.3, -0.25) is 29.4 Å². The van der Waals surface area contributed by atoms with Crippen LogP contribution in [0.3, 0.4) is 0 Å². The number of rotatable bonds is 6. The molecule has 1 fully saturated rings. The Balaban J connectivity index is 1.73. The molecule has 1 aromatic carbocycles. The Morgan fingerprint density at radius 1 is 1.12 bits per heavy atom. The van der Waals surface area contributed by atoms with Gasteiger partial charge in [0.05, 0.1) is 23.8 Å². The number of aliphatic hydroxyl groups is 3. The molecular weight excluding hydrogens is 536 g/mol. The van der Waals surface area contributed by atoms with E-state index in [9.17, 15) is 39.6 Å². The molecule has 0 bridgehead atoms. The molecule has 41 heavy (non-hydrogen) atoms. The van der Waals surface area contributed by atoms with Crippen LogP contribution in [0, 0.1) is 5.92 Å². The molecule has 14 nitrogen and oxygen atoms in total. The number of hydrogen-bond acceptors (Lipinski definition) is 12. The third-order valence-electron chi connectivity index (χ3n) is 8.53. The molecule has 0 radical (unpaired) electrons. The zero-order valence-corrected chi connectivity index (χ0v) is 23.6. The number of nitrogens with two attached hydrogens (primary N) is 1. The topological polar surface area (TPSA) is 219 Å². The van der Waals surface area contributed by atoms with E-state index in [0.29, 0.717) is 11.3 Å². The van der Waals surface area contributed by atoms with Crippen molar-refractivity contribution in [3.8, 4) is 5.75 Å². The Kier molecular flexibility index (Phi) is 6.27. The first kappa shape index (κ1) is 28.5. The molecule has 1 heterocycles. The van der Waals surface area contributed by atoms with Gasteiger partial charge in [-0.25, -0.2) is 0 Å². The van der Waals surface area contributed by atoms with Crippen LogP contribution in [0.25, 0.3) is 0 Å². The Morgan fingerprint density at radius 3 is 2.29 bits per heavy atom. The SMILES string of the molecule is CN(C)CC(=O)Nc1cc(N(C)C)c2c(c1O)C(=O)C1=C(O)[C@]3(O)C(=O)C(C(N)=O)=C(O)[C@@H](N(C)C)[C@@]34N[C@H]4[C@@H]1C2. The van der Waals surface area contributed by atoms with Crippen molar-refractivity contribution in [2.75, 3.05) is 59.0 Å². The summed E-state index contributed by atoms with van der Waals surface area (Å²) in [5.41, 5.74) is 0.490. The van der Waals surface area contributed by atoms with Crippen LogP contribution >= 0.6 is 0 Å². The molecule has 220 valence electrons. The lowest BCUT2D eigenvalue weighted by Gasteiger charge is -2.49. The highest BCUT2D eigenvalue weighted by molar-refractivity contribution is 6.26. The second-order valence-corrected chi connectivity index (χ2v) is 11.7. The molecule has 14 heteroatoms. The maximum atomic E-state index is 14.1. The number of fused-ring (bicyclic) bond motifs is 3. The number of likely N-dealkylation sites (N-methyl/N-ethyl adjacent to an activating group) is 2.